The minimum absolute atomic E-state index is 0.644. The third-order valence-corrected chi connectivity index (χ3v) is 8.34. The van der Waals surface area contributed by atoms with Gasteiger partial charge in [-0.25, -0.2) is 9.38 Å². The van der Waals surface area contributed by atoms with Gasteiger partial charge in [0.05, 0.1) is 5.39 Å². The van der Waals surface area contributed by atoms with E-state index in [1.54, 1.807) is 29.6 Å². The summed E-state index contributed by atoms with van der Waals surface area (Å²) in [6.07, 6.45) is 6.82. The van der Waals surface area contributed by atoms with Gasteiger partial charge in [-0.05, 0) is 55.2 Å². The molecular weight excluding hydrogens is 451 g/mol. The van der Waals surface area contributed by atoms with Crippen molar-refractivity contribution in [1.29, 1.82) is 0 Å². The van der Waals surface area contributed by atoms with Crippen molar-refractivity contribution in [1.82, 2.24) is 19.6 Å². The Hall–Kier alpha value is -0.990. The van der Waals surface area contributed by atoms with Crippen molar-refractivity contribution in [3.63, 3.8) is 0 Å². The van der Waals surface area contributed by atoms with E-state index in [1.165, 1.54) is 28.7 Å². The molecule has 1 aromatic carbocycles. The Morgan fingerprint density at radius 1 is 1.14 bits per heavy atom. The summed E-state index contributed by atoms with van der Waals surface area (Å²) >= 11 is 17.4. The lowest BCUT2D eigenvalue weighted by atomic mass is 9.97. The first-order valence-corrected chi connectivity index (χ1v) is 12.7. The second-order valence-corrected chi connectivity index (χ2v) is 10.3. The van der Waals surface area contributed by atoms with Crippen molar-refractivity contribution < 1.29 is 0 Å². The number of nitrogens with zero attached hydrogens (tertiary/aromatic N) is 4. The summed E-state index contributed by atoms with van der Waals surface area (Å²) in [5, 5.41) is 13.4. The lowest BCUT2D eigenvalue weighted by Gasteiger charge is -2.10. The van der Waals surface area contributed by atoms with Crippen molar-refractivity contribution in [2.24, 2.45) is 0 Å². The average molecular weight is 467 g/mol. The third kappa shape index (κ3) is 3.21. The summed E-state index contributed by atoms with van der Waals surface area (Å²) < 4.78 is 2.10. The van der Waals surface area contributed by atoms with Gasteiger partial charge < -0.3 is 0 Å². The Labute approximate surface area is 185 Å². The number of rotatable bonds is 4. The van der Waals surface area contributed by atoms with Gasteiger partial charge in [0.15, 0.2) is 16.0 Å². The summed E-state index contributed by atoms with van der Waals surface area (Å²) in [5.74, 6) is 0.699. The Morgan fingerprint density at radius 3 is 2.82 bits per heavy atom. The molecule has 0 saturated heterocycles. The van der Waals surface area contributed by atoms with Crippen LogP contribution >= 0.6 is 58.1 Å². The molecule has 5 rings (SSSR count). The molecule has 0 aliphatic heterocycles. The second-order valence-electron chi connectivity index (χ2n) is 6.66. The van der Waals surface area contributed by atoms with E-state index in [0.29, 0.717) is 15.8 Å². The molecular formula is C19H16Cl2N4S3. The molecule has 0 atom stereocenters. The van der Waals surface area contributed by atoms with E-state index >= 15 is 0 Å². The minimum Gasteiger partial charge on any atom is -0.248 e. The highest BCUT2D eigenvalue weighted by atomic mass is 35.5. The first kappa shape index (κ1) is 19.0. The topological polar surface area (TPSA) is 43.1 Å². The van der Waals surface area contributed by atoms with Crippen molar-refractivity contribution in [2.45, 2.75) is 41.7 Å². The molecule has 0 spiro atoms. The number of aromatic nitrogens is 4. The van der Waals surface area contributed by atoms with Gasteiger partial charge in [-0.15, -0.1) is 21.5 Å². The summed E-state index contributed by atoms with van der Waals surface area (Å²) in [4.78, 5) is 7.51. The van der Waals surface area contributed by atoms with E-state index in [9.17, 15) is 0 Å². The fourth-order valence-electron chi connectivity index (χ4n) is 3.61. The number of hydrogen-bond donors (Lipinski definition) is 0. The minimum atomic E-state index is 0.644. The molecule has 0 N–H and O–H groups in total. The second kappa shape index (κ2) is 7.69. The van der Waals surface area contributed by atoms with E-state index in [4.69, 9.17) is 28.2 Å². The van der Waals surface area contributed by atoms with Crippen LogP contribution in [0.1, 0.15) is 28.8 Å². The van der Waals surface area contributed by atoms with Crippen LogP contribution in [0.25, 0.3) is 15.9 Å². The van der Waals surface area contributed by atoms with Crippen LogP contribution in [0, 0.1) is 0 Å². The maximum absolute atomic E-state index is 6.33. The third-order valence-electron chi connectivity index (χ3n) is 4.95. The van der Waals surface area contributed by atoms with E-state index in [2.05, 4.69) is 14.6 Å². The lowest BCUT2D eigenvalue weighted by Crippen LogP contribution is -2.00. The van der Waals surface area contributed by atoms with Gasteiger partial charge in [-0.3, -0.25) is 0 Å². The Kier molecular flexibility index (Phi) is 5.22. The van der Waals surface area contributed by atoms with Crippen LogP contribution in [0.5, 0.6) is 0 Å². The van der Waals surface area contributed by atoms with Crippen LogP contribution in [0.3, 0.4) is 0 Å². The highest BCUT2D eigenvalue weighted by Crippen LogP contribution is 2.39. The zero-order valence-electron chi connectivity index (χ0n) is 15.0. The molecule has 3 heterocycles. The van der Waals surface area contributed by atoms with Crippen LogP contribution in [0.2, 0.25) is 10.0 Å². The van der Waals surface area contributed by atoms with Crippen LogP contribution in [0.4, 0.5) is 0 Å². The molecule has 9 heteroatoms. The van der Waals surface area contributed by atoms with Crippen LogP contribution < -0.4 is 0 Å². The average Bonchev–Trinajstić information content (AvgIpc) is 3.27. The molecule has 0 fully saturated rings. The van der Waals surface area contributed by atoms with E-state index in [0.717, 1.165) is 39.2 Å². The smallest absolute Gasteiger partial charge is 0.198 e. The van der Waals surface area contributed by atoms with Gasteiger partial charge in [0, 0.05) is 20.7 Å². The van der Waals surface area contributed by atoms with Gasteiger partial charge in [-0.2, -0.15) is 0 Å². The molecule has 0 amide bonds. The number of halogens is 2. The van der Waals surface area contributed by atoms with Gasteiger partial charge in [0.1, 0.15) is 4.83 Å². The molecule has 0 bridgehead atoms. The maximum Gasteiger partial charge on any atom is 0.198 e. The first-order valence-electron chi connectivity index (χ1n) is 8.96. The summed E-state index contributed by atoms with van der Waals surface area (Å²) in [6.45, 7) is 0. The number of aryl methyl sites for hydroxylation is 2. The van der Waals surface area contributed by atoms with Crippen LogP contribution in [-0.4, -0.2) is 25.8 Å². The fraction of sp³-hybridized carbons (Fsp3) is 0.316. The van der Waals surface area contributed by atoms with E-state index < -0.39 is 0 Å². The lowest BCUT2D eigenvalue weighted by molar-refractivity contribution is 0.700. The standard InChI is InChI=1S/C19H16Cl2N4S3/c1-26-18-22-17-15(12-4-2-3-5-14(12)28-17)16-23-24-19(25(16)18)27-9-10-6-7-11(20)8-13(10)21/h6-8H,2-5,9H2,1H3. The molecule has 28 heavy (non-hydrogen) atoms. The van der Waals surface area contributed by atoms with E-state index in [1.807, 2.05) is 29.7 Å². The molecule has 4 nitrogen and oxygen atoms in total. The highest BCUT2D eigenvalue weighted by molar-refractivity contribution is 7.99. The Balaban J connectivity index is 1.60. The number of thiophene rings is 1. The zero-order valence-corrected chi connectivity index (χ0v) is 19.0. The zero-order chi connectivity index (χ0) is 19.3. The summed E-state index contributed by atoms with van der Waals surface area (Å²) in [7, 11) is 0. The fourth-order valence-corrected chi connectivity index (χ4v) is 7.01. The molecule has 0 saturated carbocycles. The molecule has 0 radical (unpaired) electrons. The van der Waals surface area contributed by atoms with Crippen molar-refractivity contribution >= 4 is 73.9 Å². The molecule has 3 aromatic heterocycles. The Bertz CT molecular complexity index is 1200. The van der Waals surface area contributed by atoms with Crippen molar-refractivity contribution in [3.05, 3.63) is 44.2 Å². The molecule has 144 valence electrons. The number of benzene rings is 1. The molecule has 4 aromatic rings. The van der Waals surface area contributed by atoms with Crippen LogP contribution in [-0.2, 0) is 18.6 Å². The maximum atomic E-state index is 6.33. The van der Waals surface area contributed by atoms with Gasteiger partial charge in [-0.1, -0.05) is 52.8 Å². The van der Waals surface area contributed by atoms with Crippen molar-refractivity contribution in [2.75, 3.05) is 6.26 Å². The van der Waals surface area contributed by atoms with Gasteiger partial charge in [0.2, 0.25) is 0 Å². The molecule has 1 aliphatic carbocycles. The largest absolute Gasteiger partial charge is 0.248 e. The monoisotopic (exact) mass is 466 g/mol. The highest BCUT2D eigenvalue weighted by Gasteiger charge is 2.23. The predicted octanol–water partition coefficient (Wildman–Crippen LogP) is 6.54. The first-order chi connectivity index (χ1) is 13.7. The Morgan fingerprint density at radius 2 is 2.00 bits per heavy atom. The van der Waals surface area contributed by atoms with Crippen LogP contribution in [0.15, 0.2) is 28.5 Å². The van der Waals surface area contributed by atoms with Crippen molar-refractivity contribution in [3.8, 4) is 0 Å². The SMILES string of the molecule is CSc1nc2sc3c(c2c2nnc(SCc4ccc(Cl)cc4Cl)n12)CCCC3. The number of fused-ring (bicyclic) bond motifs is 5. The predicted molar refractivity (Wildman–Crippen MR) is 121 cm³/mol. The van der Waals surface area contributed by atoms with E-state index in [-0.39, 0.29) is 0 Å². The molecule has 0 unspecified atom stereocenters. The number of thioether (sulfide) groups is 2. The van der Waals surface area contributed by atoms with Gasteiger partial charge in [0.25, 0.3) is 0 Å². The number of hydrogen-bond acceptors (Lipinski definition) is 6. The summed E-state index contributed by atoms with van der Waals surface area (Å²) in [5.41, 5.74) is 3.39. The summed E-state index contributed by atoms with van der Waals surface area (Å²) in [6, 6.07) is 5.60. The normalized spacial score (nSPS) is 14.1. The van der Waals surface area contributed by atoms with Gasteiger partial charge >= 0.3 is 0 Å². The molecule has 1 aliphatic rings. The quantitative estimate of drug-likeness (QED) is 0.252.